The second kappa shape index (κ2) is 7.40. The van der Waals surface area contributed by atoms with Crippen LogP contribution in [0.2, 0.25) is 0 Å². The molecule has 3 rings (SSSR count). The second-order valence-electron chi connectivity index (χ2n) is 6.06. The molecule has 0 fully saturated rings. The predicted octanol–water partition coefficient (Wildman–Crippen LogP) is 3.90. The minimum Gasteiger partial charge on any atom is -0.494 e. The molecule has 0 N–H and O–H groups in total. The normalized spacial score (nSPS) is 14.1. The van der Waals surface area contributed by atoms with Gasteiger partial charge in [0.2, 0.25) is 0 Å². The van der Waals surface area contributed by atoms with Crippen molar-refractivity contribution in [1.29, 1.82) is 5.26 Å². The van der Waals surface area contributed by atoms with Gasteiger partial charge in [-0.05, 0) is 42.7 Å². The highest BCUT2D eigenvalue weighted by molar-refractivity contribution is 6.21. The fourth-order valence-electron chi connectivity index (χ4n) is 3.30. The Morgan fingerprint density at radius 1 is 1.08 bits per heavy atom. The number of fused-ring (bicyclic) bond motifs is 1. The third-order valence-electron chi connectivity index (χ3n) is 4.58. The summed E-state index contributed by atoms with van der Waals surface area (Å²) in [5.41, 5.74) is 2.54. The number of hydrogen-bond donors (Lipinski definition) is 0. The summed E-state index contributed by atoms with van der Waals surface area (Å²) >= 11 is 0. The first-order valence-electron chi connectivity index (χ1n) is 8.71. The molecule has 0 saturated heterocycles. The summed E-state index contributed by atoms with van der Waals surface area (Å²) in [6.45, 7) is 4.46. The van der Waals surface area contributed by atoms with Crippen molar-refractivity contribution in [1.82, 2.24) is 4.90 Å². The van der Waals surface area contributed by atoms with Crippen molar-refractivity contribution in [3.8, 4) is 11.8 Å². The maximum absolute atomic E-state index is 12.8. The van der Waals surface area contributed by atoms with E-state index in [4.69, 9.17) is 4.74 Å². The van der Waals surface area contributed by atoms with Crippen molar-refractivity contribution in [2.75, 3.05) is 6.61 Å². The van der Waals surface area contributed by atoms with Gasteiger partial charge in [-0.3, -0.25) is 14.5 Å². The van der Waals surface area contributed by atoms with E-state index >= 15 is 0 Å². The Kier molecular flexibility index (Phi) is 5.04. The van der Waals surface area contributed by atoms with Gasteiger partial charge in [-0.1, -0.05) is 31.2 Å². The molecule has 1 heterocycles. The molecule has 26 heavy (non-hydrogen) atoms. The van der Waals surface area contributed by atoms with Crippen molar-refractivity contribution in [3.63, 3.8) is 0 Å². The number of aryl methyl sites for hydroxylation is 1. The first kappa shape index (κ1) is 17.7. The maximum Gasteiger partial charge on any atom is 0.262 e. The Hall–Kier alpha value is -3.13. The number of ether oxygens (including phenoxy) is 1. The standard InChI is InChI=1S/C21H20N2O3/c1-3-14-9-10-15(13-19(14)26-4-2)18(11-12-22)23-20(24)16-7-5-6-8-17(16)21(23)25/h5-10,13,18H,3-4,11H2,1-2H3. The lowest BCUT2D eigenvalue weighted by Crippen LogP contribution is -2.34. The Bertz CT molecular complexity index is 863. The van der Waals surface area contributed by atoms with E-state index in [0.717, 1.165) is 23.3 Å². The second-order valence-corrected chi connectivity index (χ2v) is 6.06. The largest absolute Gasteiger partial charge is 0.494 e. The van der Waals surface area contributed by atoms with Gasteiger partial charge in [-0.15, -0.1) is 0 Å². The van der Waals surface area contributed by atoms with Crippen molar-refractivity contribution < 1.29 is 14.3 Å². The molecule has 0 bridgehead atoms. The third-order valence-corrected chi connectivity index (χ3v) is 4.58. The van der Waals surface area contributed by atoms with Crippen LogP contribution in [-0.2, 0) is 6.42 Å². The Morgan fingerprint density at radius 3 is 2.27 bits per heavy atom. The minimum absolute atomic E-state index is 0.0303. The van der Waals surface area contributed by atoms with E-state index < -0.39 is 6.04 Å². The summed E-state index contributed by atoms with van der Waals surface area (Å²) in [7, 11) is 0. The quantitative estimate of drug-likeness (QED) is 0.742. The first-order valence-corrected chi connectivity index (χ1v) is 8.71. The van der Waals surface area contributed by atoms with Gasteiger partial charge in [0, 0.05) is 0 Å². The molecule has 1 aliphatic rings. The summed E-state index contributed by atoms with van der Waals surface area (Å²) in [6, 6.07) is 13.9. The van der Waals surface area contributed by atoms with Crippen molar-refractivity contribution >= 4 is 11.8 Å². The highest BCUT2D eigenvalue weighted by Crippen LogP contribution is 2.35. The molecule has 5 nitrogen and oxygen atoms in total. The van der Waals surface area contributed by atoms with E-state index in [1.165, 1.54) is 4.90 Å². The van der Waals surface area contributed by atoms with E-state index in [1.807, 2.05) is 32.0 Å². The molecule has 132 valence electrons. The van der Waals surface area contributed by atoms with Gasteiger partial charge in [-0.25, -0.2) is 0 Å². The number of carbonyl (C=O) groups is 2. The molecule has 0 aliphatic carbocycles. The number of benzene rings is 2. The van der Waals surface area contributed by atoms with Gasteiger partial charge in [0.1, 0.15) is 5.75 Å². The van der Waals surface area contributed by atoms with Crippen molar-refractivity contribution in [3.05, 3.63) is 64.7 Å². The number of imide groups is 1. The number of nitriles is 1. The average Bonchev–Trinajstić information content (AvgIpc) is 2.91. The van der Waals surface area contributed by atoms with Gasteiger partial charge in [0.25, 0.3) is 11.8 Å². The van der Waals surface area contributed by atoms with Gasteiger partial charge in [-0.2, -0.15) is 5.26 Å². The lowest BCUT2D eigenvalue weighted by Gasteiger charge is -2.25. The van der Waals surface area contributed by atoms with Gasteiger partial charge in [0.05, 0.1) is 36.3 Å². The van der Waals surface area contributed by atoms with Crippen LogP contribution in [-0.4, -0.2) is 23.3 Å². The lowest BCUT2D eigenvalue weighted by atomic mass is 9.99. The zero-order valence-electron chi connectivity index (χ0n) is 14.9. The molecule has 0 saturated carbocycles. The highest BCUT2D eigenvalue weighted by atomic mass is 16.5. The average molecular weight is 348 g/mol. The SMILES string of the molecule is CCOc1cc(C(CC#N)N2C(=O)c3ccccc3C2=O)ccc1CC. The molecule has 0 radical (unpaired) electrons. The van der Waals surface area contributed by atoms with E-state index in [1.54, 1.807) is 24.3 Å². The molecule has 2 aromatic carbocycles. The van der Waals surface area contributed by atoms with Gasteiger partial charge >= 0.3 is 0 Å². The molecular formula is C21H20N2O3. The number of amides is 2. The predicted molar refractivity (Wildman–Crippen MR) is 96.9 cm³/mol. The molecule has 1 aliphatic heterocycles. The molecule has 5 heteroatoms. The van der Waals surface area contributed by atoms with Crippen LogP contribution in [0.3, 0.4) is 0 Å². The van der Waals surface area contributed by atoms with Crippen LogP contribution in [0.15, 0.2) is 42.5 Å². The van der Waals surface area contributed by atoms with E-state index in [0.29, 0.717) is 17.7 Å². The summed E-state index contributed by atoms with van der Waals surface area (Å²) < 4.78 is 5.70. The summed E-state index contributed by atoms with van der Waals surface area (Å²) in [5.74, 6) is 0.0128. The van der Waals surface area contributed by atoms with Crippen molar-refractivity contribution in [2.45, 2.75) is 32.7 Å². The van der Waals surface area contributed by atoms with Gasteiger partial charge < -0.3 is 4.74 Å². The maximum atomic E-state index is 12.8. The Labute approximate surface area is 152 Å². The van der Waals surface area contributed by atoms with Crippen LogP contribution in [0.25, 0.3) is 0 Å². The molecule has 2 amide bonds. The molecule has 0 aromatic heterocycles. The number of hydrogen-bond acceptors (Lipinski definition) is 4. The zero-order chi connectivity index (χ0) is 18.7. The first-order chi connectivity index (χ1) is 12.6. The highest BCUT2D eigenvalue weighted by Gasteiger charge is 2.40. The van der Waals surface area contributed by atoms with Crippen LogP contribution in [0.5, 0.6) is 5.75 Å². The third kappa shape index (κ3) is 2.95. The molecule has 2 aromatic rings. The number of carbonyl (C=O) groups excluding carboxylic acids is 2. The van der Waals surface area contributed by atoms with E-state index in [-0.39, 0.29) is 18.2 Å². The topological polar surface area (TPSA) is 70.4 Å². The Balaban J connectivity index is 2.04. The van der Waals surface area contributed by atoms with Crippen molar-refractivity contribution in [2.24, 2.45) is 0 Å². The Morgan fingerprint density at radius 2 is 1.73 bits per heavy atom. The van der Waals surface area contributed by atoms with Crippen LogP contribution in [0.1, 0.15) is 58.2 Å². The summed E-state index contributed by atoms with van der Waals surface area (Å²) in [5, 5.41) is 9.29. The zero-order valence-corrected chi connectivity index (χ0v) is 14.9. The van der Waals surface area contributed by atoms with Gasteiger partial charge in [0.15, 0.2) is 0 Å². The van der Waals surface area contributed by atoms with Crippen LogP contribution >= 0.6 is 0 Å². The lowest BCUT2D eigenvalue weighted by molar-refractivity contribution is 0.0584. The summed E-state index contributed by atoms with van der Waals surface area (Å²) in [6.07, 6.45) is 0.841. The fraction of sp³-hybridized carbons (Fsp3) is 0.286. The van der Waals surface area contributed by atoms with E-state index in [2.05, 4.69) is 6.07 Å². The minimum atomic E-state index is -0.641. The molecule has 1 atom stereocenters. The van der Waals surface area contributed by atoms with Crippen LogP contribution < -0.4 is 4.74 Å². The summed E-state index contributed by atoms with van der Waals surface area (Å²) in [4.78, 5) is 26.8. The number of nitrogens with zero attached hydrogens (tertiary/aromatic N) is 2. The van der Waals surface area contributed by atoms with Crippen LogP contribution in [0.4, 0.5) is 0 Å². The molecule has 0 spiro atoms. The number of rotatable bonds is 6. The monoisotopic (exact) mass is 348 g/mol. The van der Waals surface area contributed by atoms with Crippen LogP contribution in [0, 0.1) is 11.3 Å². The fourth-order valence-corrected chi connectivity index (χ4v) is 3.30. The molecule has 1 unspecified atom stereocenters. The smallest absolute Gasteiger partial charge is 0.262 e. The molecular weight excluding hydrogens is 328 g/mol. The van der Waals surface area contributed by atoms with E-state index in [9.17, 15) is 14.9 Å².